The highest BCUT2D eigenvalue weighted by atomic mass is 28.4. The van der Waals surface area contributed by atoms with E-state index >= 15 is 0 Å². The van der Waals surface area contributed by atoms with Crippen molar-refractivity contribution in [2.24, 2.45) is 5.92 Å². The summed E-state index contributed by atoms with van der Waals surface area (Å²) in [6, 6.07) is 0. The first-order valence-corrected chi connectivity index (χ1v) is 5.27. The standard InChI is InChI=1S/C6H16O4Si/c1-5(2)6(3,4)10-11(7,8)9/h5,7-9H,1-4H3. The van der Waals surface area contributed by atoms with Gasteiger partial charge in [-0.3, -0.25) is 0 Å². The van der Waals surface area contributed by atoms with E-state index < -0.39 is 14.6 Å². The molecule has 0 fully saturated rings. The SMILES string of the molecule is CC(C)C(C)(C)O[Si](O)(O)O. The van der Waals surface area contributed by atoms with Gasteiger partial charge in [0.25, 0.3) is 0 Å². The second-order valence-corrected chi connectivity index (χ2v) is 4.79. The third-order valence-corrected chi connectivity index (χ3v) is 2.59. The maximum absolute atomic E-state index is 8.63. The van der Waals surface area contributed by atoms with Crippen LogP contribution in [0.2, 0.25) is 0 Å². The van der Waals surface area contributed by atoms with Crippen molar-refractivity contribution in [1.29, 1.82) is 0 Å². The molecule has 0 rings (SSSR count). The maximum Gasteiger partial charge on any atom is 0.671 e. The van der Waals surface area contributed by atoms with Crippen LogP contribution in [0.5, 0.6) is 0 Å². The first kappa shape index (κ1) is 11.1. The molecular formula is C6H16O4Si. The van der Waals surface area contributed by atoms with Crippen LogP contribution in [-0.4, -0.2) is 29.0 Å². The highest BCUT2D eigenvalue weighted by Crippen LogP contribution is 2.22. The Labute approximate surface area is 67.9 Å². The summed E-state index contributed by atoms with van der Waals surface area (Å²) in [5.74, 6) is 0.112. The summed E-state index contributed by atoms with van der Waals surface area (Å²) in [5, 5.41) is 0. The van der Waals surface area contributed by atoms with E-state index in [0.717, 1.165) is 0 Å². The van der Waals surface area contributed by atoms with Crippen LogP contribution in [0.1, 0.15) is 27.7 Å². The Kier molecular flexibility index (Phi) is 3.22. The molecule has 11 heavy (non-hydrogen) atoms. The Morgan fingerprint density at radius 3 is 1.64 bits per heavy atom. The number of hydrogen-bond acceptors (Lipinski definition) is 4. The van der Waals surface area contributed by atoms with Crippen molar-refractivity contribution in [3.63, 3.8) is 0 Å². The molecule has 0 aromatic heterocycles. The van der Waals surface area contributed by atoms with Gasteiger partial charge in [-0.2, -0.15) is 0 Å². The quantitative estimate of drug-likeness (QED) is 0.528. The minimum atomic E-state index is -4.36. The lowest BCUT2D eigenvalue weighted by Gasteiger charge is -2.31. The average molecular weight is 180 g/mol. The van der Waals surface area contributed by atoms with Crippen LogP contribution in [0, 0.1) is 5.92 Å². The Morgan fingerprint density at radius 1 is 1.18 bits per heavy atom. The van der Waals surface area contributed by atoms with Crippen LogP contribution in [0.3, 0.4) is 0 Å². The zero-order valence-corrected chi connectivity index (χ0v) is 8.33. The summed E-state index contributed by atoms with van der Waals surface area (Å²) in [6.07, 6.45) is 0. The van der Waals surface area contributed by atoms with Crippen LogP contribution < -0.4 is 0 Å². The molecule has 3 N–H and O–H groups in total. The molecule has 0 aliphatic rings. The first-order valence-electron chi connectivity index (χ1n) is 3.52. The van der Waals surface area contributed by atoms with Crippen LogP contribution in [0.15, 0.2) is 0 Å². The van der Waals surface area contributed by atoms with Crippen molar-refractivity contribution in [2.75, 3.05) is 0 Å². The molecule has 4 nitrogen and oxygen atoms in total. The first-order chi connectivity index (χ1) is 4.65. The molecule has 0 saturated carbocycles. The Balaban J connectivity index is 4.13. The molecule has 0 aliphatic heterocycles. The van der Waals surface area contributed by atoms with Crippen molar-refractivity contribution in [3.05, 3.63) is 0 Å². The third-order valence-electron chi connectivity index (χ3n) is 1.79. The summed E-state index contributed by atoms with van der Waals surface area (Å²) in [7, 11) is -4.36. The molecule has 0 aliphatic carbocycles. The second kappa shape index (κ2) is 3.20. The normalized spacial score (nSPS) is 14.2. The molecule has 68 valence electrons. The summed E-state index contributed by atoms with van der Waals surface area (Å²) in [6.45, 7) is 7.14. The molecule has 0 aromatic carbocycles. The zero-order chi connectivity index (χ0) is 9.28. The van der Waals surface area contributed by atoms with Crippen molar-refractivity contribution >= 4 is 9.05 Å². The third kappa shape index (κ3) is 4.49. The maximum atomic E-state index is 8.63. The van der Waals surface area contributed by atoms with Gasteiger partial charge >= 0.3 is 9.05 Å². The highest BCUT2D eigenvalue weighted by Gasteiger charge is 2.39. The van der Waals surface area contributed by atoms with Crippen LogP contribution in [0.25, 0.3) is 0 Å². The molecule has 0 radical (unpaired) electrons. The predicted octanol–water partition coefficient (Wildman–Crippen LogP) is -0.150. The predicted molar refractivity (Wildman–Crippen MR) is 42.4 cm³/mol. The number of rotatable bonds is 3. The Hall–Kier alpha value is 0.0569. The molecular weight excluding hydrogens is 164 g/mol. The van der Waals surface area contributed by atoms with Crippen molar-refractivity contribution < 1.29 is 18.8 Å². The van der Waals surface area contributed by atoms with Crippen LogP contribution in [-0.2, 0) is 4.43 Å². The van der Waals surface area contributed by atoms with Gasteiger partial charge in [0, 0.05) is 0 Å². The van der Waals surface area contributed by atoms with E-state index in [-0.39, 0.29) is 5.92 Å². The summed E-state index contributed by atoms with van der Waals surface area (Å²) >= 11 is 0. The van der Waals surface area contributed by atoms with Crippen LogP contribution >= 0.6 is 0 Å². The average Bonchev–Trinajstić information content (AvgIpc) is 1.56. The lowest BCUT2D eigenvalue weighted by atomic mass is 9.95. The van der Waals surface area contributed by atoms with Crippen molar-refractivity contribution in [2.45, 2.75) is 33.3 Å². The fourth-order valence-corrected chi connectivity index (χ4v) is 1.41. The highest BCUT2D eigenvalue weighted by molar-refractivity contribution is 6.48. The zero-order valence-electron chi connectivity index (χ0n) is 7.33. The fourth-order valence-electron chi connectivity index (χ4n) is 0.471. The second-order valence-electron chi connectivity index (χ2n) is 3.43. The topological polar surface area (TPSA) is 69.9 Å². The van der Waals surface area contributed by atoms with E-state index in [0.29, 0.717) is 0 Å². The van der Waals surface area contributed by atoms with Crippen molar-refractivity contribution in [3.8, 4) is 0 Å². The van der Waals surface area contributed by atoms with Gasteiger partial charge in [-0.25, -0.2) is 0 Å². The van der Waals surface area contributed by atoms with Gasteiger partial charge in [0.1, 0.15) is 0 Å². The van der Waals surface area contributed by atoms with Gasteiger partial charge in [0.15, 0.2) is 0 Å². The minimum absolute atomic E-state index is 0.112. The minimum Gasteiger partial charge on any atom is -0.368 e. The van der Waals surface area contributed by atoms with E-state index in [1.54, 1.807) is 13.8 Å². The van der Waals surface area contributed by atoms with Gasteiger partial charge < -0.3 is 18.8 Å². The summed E-state index contributed by atoms with van der Waals surface area (Å²) < 4.78 is 4.69. The monoisotopic (exact) mass is 180 g/mol. The van der Waals surface area contributed by atoms with E-state index in [2.05, 4.69) is 0 Å². The van der Waals surface area contributed by atoms with Gasteiger partial charge in [-0.1, -0.05) is 13.8 Å². The van der Waals surface area contributed by atoms with E-state index in [4.69, 9.17) is 18.8 Å². The Morgan fingerprint density at radius 2 is 1.55 bits per heavy atom. The van der Waals surface area contributed by atoms with Gasteiger partial charge in [-0.15, -0.1) is 0 Å². The van der Waals surface area contributed by atoms with Gasteiger partial charge in [0.2, 0.25) is 0 Å². The molecule has 0 spiro atoms. The van der Waals surface area contributed by atoms with E-state index in [1.165, 1.54) is 0 Å². The fraction of sp³-hybridized carbons (Fsp3) is 1.00. The lowest BCUT2D eigenvalue weighted by molar-refractivity contribution is -0.0465. The van der Waals surface area contributed by atoms with Crippen LogP contribution in [0.4, 0.5) is 0 Å². The van der Waals surface area contributed by atoms with E-state index in [9.17, 15) is 0 Å². The molecule has 5 heteroatoms. The molecule has 0 amide bonds. The summed E-state index contributed by atoms with van der Waals surface area (Å²) in [4.78, 5) is 25.9. The molecule has 0 heterocycles. The molecule has 0 saturated heterocycles. The van der Waals surface area contributed by atoms with Gasteiger partial charge in [0.05, 0.1) is 5.60 Å². The Bertz CT molecular complexity index is 127. The molecule has 0 unspecified atom stereocenters. The van der Waals surface area contributed by atoms with Gasteiger partial charge in [-0.05, 0) is 19.8 Å². The van der Waals surface area contributed by atoms with Crippen molar-refractivity contribution in [1.82, 2.24) is 0 Å². The number of hydrogen-bond donors (Lipinski definition) is 3. The summed E-state index contributed by atoms with van der Waals surface area (Å²) in [5.41, 5.74) is -0.704. The lowest BCUT2D eigenvalue weighted by Crippen LogP contribution is -2.48. The van der Waals surface area contributed by atoms with E-state index in [1.807, 2.05) is 13.8 Å². The smallest absolute Gasteiger partial charge is 0.368 e. The molecule has 0 aromatic rings. The molecule has 0 bridgehead atoms. The largest absolute Gasteiger partial charge is 0.671 e. The molecule has 0 atom stereocenters.